The van der Waals surface area contributed by atoms with Crippen molar-refractivity contribution in [1.82, 2.24) is 19.7 Å². The Morgan fingerprint density at radius 2 is 2.42 bits per heavy atom. The van der Waals surface area contributed by atoms with E-state index >= 15 is 0 Å². The van der Waals surface area contributed by atoms with Gasteiger partial charge in [0, 0.05) is 25.5 Å². The van der Waals surface area contributed by atoms with Gasteiger partial charge in [0.15, 0.2) is 0 Å². The van der Waals surface area contributed by atoms with Gasteiger partial charge in [0.05, 0.1) is 17.2 Å². The van der Waals surface area contributed by atoms with E-state index in [1.54, 1.807) is 12.4 Å². The summed E-state index contributed by atoms with van der Waals surface area (Å²) in [5.74, 6) is 0.0995. The SMILES string of the molecule is Cc1ncc(C(=O)N2CCC[C@H](n3cccn3)C2)s1. The van der Waals surface area contributed by atoms with E-state index in [0.29, 0.717) is 6.04 Å². The lowest BCUT2D eigenvalue weighted by molar-refractivity contribution is 0.0677. The number of aromatic nitrogens is 3. The van der Waals surface area contributed by atoms with Crippen LogP contribution in [0.4, 0.5) is 0 Å². The Kier molecular flexibility index (Phi) is 3.33. The topological polar surface area (TPSA) is 51.0 Å². The van der Waals surface area contributed by atoms with E-state index in [1.165, 1.54) is 11.3 Å². The molecule has 3 heterocycles. The van der Waals surface area contributed by atoms with E-state index in [0.717, 1.165) is 35.8 Å². The van der Waals surface area contributed by atoms with Crippen LogP contribution in [-0.2, 0) is 0 Å². The Morgan fingerprint density at radius 1 is 1.53 bits per heavy atom. The molecule has 2 aromatic rings. The molecule has 0 aliphatic carbocycles. The summed E-state index contributed by atoms with van der Waals surface area (Å²) in [5.41, 5.74) is 0. The van der Waals surface area contributed by atoms with Crippen molar-refractivity contribution < 1.29 is 4.79 Å². The molecular formula is C13H16N4OS. The molecular weight excluding hydrogens is 260 g/mol. The Hall–Kier alpha value is -1.69. The molecule has 2 aromatic heterocycles. The van der Waals surface area contributed by atoms with Crippen LogP contribution in [0.2, 0.25) is 0 Å². The van der Waals surface area contributed by atoms with Crippen molar-refractivity contribution in [2.24, 2.45) is 0 Å². The van der Waals surface area contributed by atoms with Crippen molar-refractivity contribution in [2.45, 2.75) is 25.8 Å². The monoisotopic (exact) mass is 276 g/mol. The molecule has 1 aliphatic heterocycles. The van der Waals surface area contributed by atoms with Crippen LogP contribution < -0.4 is 0 Å². The molecule has 6 heteroatoms. The Morgan fingerprint density at radius 3 is 3.11 bits per heavy atom. The van der Waals surface area contributed by atoms with Crippen LogP contribution in [0.5, 0.6) is 0 Å². The molecule has 1 fully saturated rings. The zero-order chi connectivity index (χ0) is 13.2. The number of amides is 1. The quantitative estimate of drug-likeness (QED) is 0.844. The summed E-state index contributed by atoms with van der Waals surface area (Å²) in [6.07, 6.45) is 7.53. The molecule has 0 saturated carbocycles. The normalized spacial score (nSPS) is 19.6. The number of piperidine rings is 1. The van der Waals surface area contributed by atoms with Gasteiger partial charge in [-0.3, -0.25) is 9.48 Å². The number of aryl methyl sites for hydroxylation is 1. The van der Waals surface area contributed by atoms with Crippen molar-refractivity contribution in [3.8, 4) is 0 Å². The Balaban J connectivity index is 1.73. The number of nitrogens with zero attached hydrogens (tertiary/aromatic N) is 4. The largest absolute Gasteiger partial charge is 0.336 e. The standard InChI is InChI=1S/C13H16N4OS/c1-10-14-8-12(19-10)13(18)16-6-2-4-11(9-16)17-7-3-5-15-17/h3,5,7-8,11H,2,4,6,9H2,1H3/t11-/m0/s1. The van der Waals surface area contributed by atoms with Crippen molar-refractivity contribution in [3.63, 3.8) is 0 Å². The lowest BCUT2D eigenvalue weighted by Crippen LogP contribution is -2.40. The third kappa shape index (κ3) is 2.53. The van der Waals surface area contributed by atoms with Crippen LogP contribution in [-0.4, -0.2) is 38.7 Å². The van der Waals surface area contributed by atoms with Crippen molar-refractivity contribution in [1.29, 1.82) is 0 Å². The summed E-state index contributed by atoms with van der Waals surface area (Å²) in [7, 11) is 0. The third-order valence-corrected chi connectivity index (χ3v) is 4.32. The molecule has 1 amide bonds. The number of hydrogen-bond acceptors (Lipinski definition) is 4. The lowest BCUT2D eigenvalue weighted by atomic mass is 10.1. The fourth-order valence-electron chi connectivity index (χ4n) is 2.47. The summed E-state index contributed by atoms with van der Waals surface area (Å²) in [4.78, 5) is 19.2. The number of hydrogen-bond donors (Lipinski definition) is 0. The predicted octanol–water partition coefficient (Wildman–Crippen LogP) is 2.13. The third-order valence-electron chi connectivity index (χ3n) is 3.41. The second kappa shape index (κ2) is 5.13. The van der Waals surface area contributed by atoms with Crippen LogP contribution in [0.15, 0.2) is 24.7 Å². The van der Waals surface area contributed by atoms with Gasteiger partial charge < -0.3 is 4.90 Å². The van der Waals surface area contributed by atoms with Crippen molar-refractivity contribution in [2.75, 3.05) is 13.1 Å². The Labute approximate surface area is 115 Å². The van der Waals surface area contributed by atoms with Crippen LogP contribution in [0.1, 0.15) is 33.6 Å². The van der Waals surface area contributed by atoms with Crippen molar-refractivity contribution >= 4 is 17.2 Å². The van der Waals surface area contributed by atoms with Gasteiger partial charge in [-0.05, 0) is 25.8 Å². The van der Waals surface area contributed by atoms with E-state index in [2.05, 4.69) is 10.1 Å². The van der Waals surface area contributed by atoms with E-state index in [-0.39, 0.29) is 5.91 Å². The molecule has 0 spiro atoms. The van der Waals surface area contributed by atoms with Crippen LogP contribution >= 0.6 is 11.3 Å². The summed E-state index contributed by atoms with van der Waals surface area (Å²) in [6, 6.07) is 2.22. The molecule has 0 unspecified atom stereocenters. The van der Waals surface area contributed by atoms with E-state index in [4.69, 9.17) is 0 Å². The number of carbonyl (C=O) groups is 1. The fraction of sp³-hybridized carbons (Fsp3) is 0.462. The number of likely N-dealkylation sites (tertiary alicyclic amines) is 1. The molecule has 5 nitrogen and oxygen atoms in total. The highest BCUT2D eigenvalue weighted by Crippen LogP contribution is 2.23. The highest BCUT2D eigenvalue weighted by molar-refractivity contribution is 7.13. The molecule has 19 heavy (non-hydrogen) atoms. The summed E-state index contributed by atoms with van der Waals surface area (Å²) < 4.78 is 1.96. The fourth-order valence-corrected chi connectivity index (χ4v) is 3.21. The second-order valence-corrected chi connectivity index (χ2v) is 6.01. The van der Waals surface area contributed by atoms with Gasteiger partial charge in [0.25, 0.3) is 5.91 Å². The molecule has 1 aliphatic rings. The van der Waals surface area contributed by atoms with Gasteiger partial charge in [-0.15, -0.1) is 11.3 Å². The minimum Gasteiger partial charge on any atom is -0.336 e. The Bertz CT molecular complexity index is 563. The first-order valence-corrected chi connectivity index (χ1v) is 7.26. The molecule has 1 atom stereocenters. The van der Waals surface area contributed by atoms with Crippen LogP contribution in [0, 0.1) is 6.92 Å². The number of carbonyl (C=O) groups excluding carboxylic acids is 1. The molecule has 3 rings (SSSR count). The van der Waals surface area contributed by atoms with Crippen molar-refractivity contribution in [3.05, 3.63) is 34.5 Å². The lowest BCUT2D eigenvalue weighted by Gasteiger charge is -2.32. The predicted molar refractivity (Wildman–Crippen MR) is 73.3 cm³/mol. The van der Waals surface area contributed by atoms with Crippen LogP contribution in [0.25, 0.3) is 0 Å². The molecule has 0 N–H and O–H groups in total. The first-order chi connectivity index (χ1) is 9.24. The maximum absolute atomic E-state index is 12.4. The highest BCUT2D eigenvalue weighted by Gasteiger charge is 2.26. The zero-order valence-electron chi connectivity index (χ0n) is 10.8. The highest BCUT2D eigenvalue weighted by atomic mass is 32.1. The summed E-state index contributed by atoms with van der Waals surface area (Å²) >= 11 is 1.46. The van der Waals surface area contributed by atoms with Gasteiger partial charge in [-0.1, -0.05) is 0 Å². The van der Waals surface area contributed by atoms with Gasteiger partial charge in [-0.2, -0.15) is 5.10 Å². The number of rotatable bonds is 2. The average molecular weight is 276 g/mol. The maximum atomic E-state index is 12.4. The smallest absolute Gasteiger partial charge is 0.265 e. The van der Waals surface area contributed by atoms with Gasteiger partial charge in [-0.25, -0.2) is 4.98 Å². The minimum absolute atomic E-state index is 0.0995. The first kappa shape index (κ1) is 12.3. The van der Waals surface area contributed by atoms with Gasteiger partial charge >= 0.3 is 0 Å². The summed E-state index contributed by atoms with van der Waals surface area (Å²) in [6.45, 7) is 3.48. The minimum atomic E-state index is 0.0995. The molecule has 1 saturated heterocycles. The average Bonchev–Trinajstić information content (AvgIpc) is 3.09. The second-order valence-electron chi connectivity index (χ2n) is 4.78. The van der Waals surface area contributed by atoms with Crippen LogP contribution in [0.3, 0.4) is 0 Å². The van der Waals surface area contributed by atoms with Gasteiger partial charge in [0.2, 0.25) is 0 Å². The van der Waals surface area contributed by atoms with E-state index in [1.807, 2.05) is 28.8 Å². The molecule has 0 radical (unpaired) electrons. The molecule has 0 aromatic carbocycles. The van der Waals surface area contributed by atoms with E-state index < -0.39 is 0 Å². The zero-order valence-corrected chi connectivity index (χ0v) is 11.6. The number of thiazole rings is 1. The van der Waals surface area contributed by atoms with E-state index in [9.17, 15) is 4.79 Å². The maximum Gasteiger partial charge on any atom is 0.265 e. The first-order valence-electron chi connectivity index (χ1n) is 6.45. The summed E-state index contributed by atoms with van der Waals surface area (Å²) in [5, 5.41) is 5.21. The van der Waals surface area contributed by atoms with Gasteiger partial charge in [0.1, 0.15) is 4.88 Å². The molecule has 100 valence electrons. The molecule has 0 bridgehead atoms.